The minimum absolute atomic E-state index is 0.0835. The summed E-state index contributed by atoms with van der Waals surface area (Å²) in [4.78, 5) is 12.3. The Balaban J connectivity index is 1.85. The van der Waals surface area contributed by atoms with Crippen molar-refractivity contribution >= 4 is 27.3 Å². The Morgan fingerprint density at radius 1 is 0.893 bits per heavy atom. The molecule has 0 fully saturated rings. The Morgan fingerprint density at radius 2 is 1.64 bits per heavy atom. The van der Waals surface area contributed by atoms with E-state index in [-0.39, 0.29) is 16.1 Å². The van der Waals surface area contributed by atoms with Gasteiger partial charge < -0.3 is 5.32 Å². The lowest BCUT2D eigenvalue weighted by Crippen LogP contribution is -2.16. The number of sulfonamides is 1. The average Bonchev–Trinajstić information content (AvgIpc) is 2.66. The summed E-state index contributed by atoms with van der Waals surface area (Å²) in [5, 5.41) is 2.61. The third-order valence-electron chi connectivity index (χ3n) is 3.96. The number of carbonyl (C=O) groups excluding carboxylic acids is 1. The summed E-state index contributed by atoms with van der Waals surface area (Å²) >= 11 is 0. The number of aryl methyl sites for hydroxylation is 1. The highest BCUT2D eigenvalue weighted by Crippen LogP contribution is 2.21. The smallest absolute Gasteiger partial charge is 0.262 e. The van der Waals surface area contributed by atoms with Gasteiger partial charge in [0.25, 0.3) is 15.9 Å². The number of amides is 1. The van der Waals surface area contributed by atoms with Gasteiger partial charge in [-0.2, -0.15) is 0 Å². The van der Waals surface area contributed by atoms with Crippen LogP contribution in [0.15, 0.2) is 71.6 Å². The second-order valence-electron chi connectivity index (χ2n) is 6.03. The normalized spacial score (nSPS) is 11.1. The van der Waals surface area contributed by atoms with E-state index in [1.54, 1.807) is 6.92 Å². The molecule has 0 radical (unpaired) electrons. The fourth-order valence-corrected chi connectivity index (χ4v) is 3.63. The Morgan fingerprint density at radius 3 is 2.36 bits per heavy atom. The molecular formula is C20H16F2N2O3S. The van der Waals surface area contributed by atoms with Crippen molar-refractivity contribution in [2.24, 2.45) is 0 Å². The van der Waals surface area contributed by atoms with Gasteiger partial charge in [-0.05, 0) is 61.0 Å². The summed E-state index contributed by atoms with van der Waals surface area (Å²) in [5.41, 5.74) is 0.821. The Labute approximate surface area is 161 Å². The van der Waals surface area contributed by atoms with Crippen molar-refractivity contribution in [3.8, 4) is 0 Å². The van der Waals surface area contributed by atoms with E-state index < -0.39 is 27.6 Å². The zero-order valence-electron chi connectivity index (χ0n) is 14.7. The number of rotatable bonds is 5. The summed E-state index contributed by atoms with van der Waals surface area (Å²) in [7, 11) is -4.10. The van der Waals surface area contributed by atoms with Crippen LogP contribution in [-0.2, 0) is 10.0 Å². The molecule has 0 atom stereocenters. The molecule has 3 aromatic carbocycles. The lowest BCUT2D eigenvalue weighted by atomic mass is 10.1. The fraction of sp³-hybridized carbons (Fsp3) is 0.0500. The van der Waals surface area contributed by atoms with Crippen molar-refractivity contribution in [1.82, 2.24) is 0 Å². The van der Waals surface area contributed by atoms with Gasteiger partial charge in [0.1, 0.15) is 11.6 Å². The molecule has 1 amide bonds. The molecule has 3 rings (SSSR count). The summed E-state index contributed by atoms with van der Waals surface area (Å²) < 4.78 is 54.1. The van der Waals surface area contributed by atoms with Gasteiger partial charge in [-0.25, -0.2) is 17.2 Å². The first kappa shape index (κ1) is 19.5. The standard InChI is InChI=1S/C20H16F2N2O3S/c1-13-11-15(21)9-10-18(13)23-20(25)14-5-4-6-16(12-14)28(26,27)24-19-8-3-2-7-17(19)22/h2-12,24H,1H3,(H,23,25). The number of benzene rings is 3. The van der Waals surface area contributed by atoms with E-state index in [1.165, 1.54) is 60.7 Å². The monoisotopic (exact) mass is 402 g/mol. The summed E-state index contributed by atoms with van der Waals surface area (Å²) in [6.07, 6.45) is 0. The second kappa shape index (κ2) is 7.77. The summed E-state index contributed by atoms with van der Waals surface area (Å²) in [5.74, 6) is -1.70. The van der Waals surface area contributed by atoms with E-state index >= 15 is 0 Å². The van der Waals surface area contributed by atoms with Crippen LogP contribution in [0.1, 0.15) is 15.9 Å². The third-order valence-corrected chi connectivity index (χ3v) is 5.32. The minimum Gasteiger partial charge on any atom is -0.322 e. The maximum atomic E-state index is 13.7. The molecule has 0 saturated heterocycles. The van der Waals surface area contributed by atoms with Crippen LogP contribution in [0.5, 0.6) is 0 Å². The Hall–Kier alpha value is -3.26. The first-order valence-electron chi connectivity index (χ1n) is 8.21. The maximum absolute atomic E-state index is 13.7. The first-order valence-corrected chi connectivity index (χ1v) is 9.69. The zero-order chi connectivity index (χ0) is 20.3. The largest absolute Gasteiger partial charge is 0.322 e. The van der Waals surface area contributed by atoms with Gasteiger partial charge in [0, 0.05) is 11.3 Å². The van der Waals surface area contributed by atoms with Gasteiger partial charge in [0.2, 0.25) is 0 Å². The van der Waals surface area contributed by atoms with Gasteiger partial charge >= 0.3 is 0 Å². The van der Waals surface area contributed by atoms with Crippen molar-refractivity contribution in [2.45, 2.75) is 11.8 Å². The molecule has 144 valence electrons. The summed E-state index contributed by atoms with van der Waals surface area (Å²) in [6, 6.07) is 14.6. The van der Waals surface area contributed by atoms with Crippen molar-refractivity contribution in [2.75, 3.05) is 10.0 Å². The highest BCUT2D eigenvalue weighted by Gasteiger charge is 2.18. The van der Waals surface area contributed by atoms with Crippen molar-refractivity contribution in [1.29, 1.82) is 0 Å². The van der Waals surface area contributed by atoms with Gasteiger partial charge in [-0.3, -0.25) is 9.52 Å². The lowest BCUT2D eigenvalue weighted by Gasteiger charge is -2.11. The van der Waals surface area contributed by atoms with E-state index in [0.717, 1.165) is 6.07 Å². The number of carbonyl (C=O) groups is 1. The van der Waals surface area contributed by atoms with Crippen LogP contribution in [0.25, 0.3) is 0 Å². The average molecular weight is 402 g/mol. The van der Waals surface area contributed by atoms with Crippen LogP contribution in [0.2, 0.25) is 0 Å². The lowest BCUT2D eigenvalue weighted by molar-refractivity contribution is 0.102. The molecule has 0 bridgehead atoms. The van der Waals surface area contributed by atoms with Gasteiger partial charge in [0.05, 0.1) is 10.6 Å². The van der Waals surface area contributed by atoms with Crippen molar-refractivity contribution < 1.29 is 22.0 Å². The highest BCUT2D eigenvalue weighted by molar-refractivity contribution is 7.92. The number of halogens is 2. The second-order valence-corrected chi connectivity index (χ2v) is 7.71. The molecule has 0 aliphatic rings. The molecule has 0 aromatic heterocycles. The maximum Gasteiger partial charge on any atom is 0.262 e. The predicted octanol–water partition coefficient (Wildman–Crippen LogP) is 4.33. The van der Waals surface area contributed by atoms with E-state index in [2.05, 4.69) is 10.0 Å². The van der Waals surface area contributed by atoms with Gasteiger partial charge in [-0.15, -0.1) is 0 Å². The van der Waals surface area contributed by atoms with Crippen molar-refractivity contribution in [3.63, 3.8) is 0 Å². The van der Waals surface area contributed by atoms with Crippen LogP contribution in [-0.4, -0.2) is 14.3 Å². The topological polar surface area (TPSA) is 75.3 Å². The highest BCUT2D eigenvalue weighted by atomic mass is 32.2. The number of para-hydroxylation sites is 1. The number of hydrogen-bond acceptors (Lipinski definition) is 3. The van der Waals surface area contributed by atoms with E-state index in [4.69, 9.17) is 0 Å². The molecule has 5 nitrogen and oxygen atoms in total. The molecule has 28 heavy (non-hydrogen) atoms. The molecule has 0 aliphatic heterocycles. The first-order chi connectivity index (χ1) is 13.3. The number of anilines is 2. The van der Waals surface area contributed by atoms with Crippen LogP contribution < -0.4 is 10.0 Å². The molecule has 2 N–H and O–H groups in total. The fourth-order valence-electron chi connectivity index (χ4n) is 2.51. The molecule has 0 unspecified atom stereocenters. The zero-order valence-corrected chi connectivity index (χ0v) is 15.6. The van der Waals surface area contributed by atoms with Gasteiger partial charge in [0.15, 0.2) is 0 Å². The molecular weight excluding hydrogens is 386 g/mol. The molecule has 0 aliphatic carbocycles. The molecule has 0 spiro atoms. The molecule has 0 heterocycles. The van der Waals surface area contributed by atoms with Crippen molar-refractivity contribution in [3.05, 3.63) is 89.5 Å². The molecule has 8 heteroatoms. The van der Waals surface area contributed by atoms with E-state index in [9.17, 15) is 22.0 Å². The third kappa shape index (κ3) is 4.34. The SMILES string of the molecule is Cc1cc(F)ccc1NC(=O)c1cccc(S(=O)(=O)Nc2ccccc2F)c1. The predicted molar refractivity (Wildman–Crippen MR) is 103 cm³/mol. The Bertz CT molecular complexity index is 1150. The van der Waals surface area contributed by atoms with Gasteiger partial charge in [-0.1, -0.05) is 18.2 Å². The van der Waals surface area contributed by atoms with Crippen LogP contribution in [0.3, 0.4) is 0 Å². The minimum atomic E-state index is -4.10. The van der Waals surface area contributed by atoms with E-state index in [1.807, 2.05) is 0 Å². The molecule has 3 aromatic rings. The van der Waals surface area contributed by atoms with E-state index in [0.29, 0.717) is 11.3 Å². The summed E-state index contributed by atoms with van der Waals surface area (Å²) in [6.45, 7) is 1.64. The quantitative estimate of drug-likeness (QED) is 0.667. The van der Waals surface area contributed by atoms with Crippen LogP contribution >= 0.6 is 0 Å². The number of hydrogen-bond donors (Lipinski definition) is 2. The van der Waals surface area contributed by atoms with Crippen LogP contribution in [0, 0.1) is 18.6 Å². The van der Waals surface area contributed by atoms with Crippen LogP contribution in [0.4, 0.5) is 20.2 Å². The molecule has 0 saturated carbocycles. The number of nitrogens with one attached hydrogen (secondary N) is 2. The Kier molecular flexibility index (Phi) is 5.41.